The van der Waals surface area contributed by atoms with Crippen LogP contribution >= 0.6 is 11.6 Å². The van der Waals surface area contributed by atoms with Crippen molar-refractivity contribution in [2.75, 3.05) is 0 Å². The number of hydrogen-bond acceptors (Lipinski definition) is 3. The molecule has 88 valence electrons. The third-order valence-corrected chi connectivity index (χ3v) is 3.71. The van der Waals surface area contributed by atoms with Gasteiger partial charge in [0.2, 0.25) is 0 Å². The molecule has 0 saturated carbocycles. The fraction of sp³-hybridized carbons (Fsp3) is 0.143. The maximum absolute atomic E-state index is 6.08. The van der Waals surface area contributed by atoms with Gasteiger partial charge in [-0.3, -0.25) is 4.98 Å². The fourth-order valence-electron chi connectivity index (χ4n) is 2.63. The molecule has 1 aliphatic rings. The molecule has 0 unspecified atom stereocenters. The van der Waals surface area contributed by atoms with E-state index in [2.05, 4.69) is 16.0 Å². The Labute approximate surface area is 108 Å². The van der Waals surface area contributed by atoms with Gasteiger partial charge in [0.25, 0.3) is 0 Å². The number of aromatic nitrogens is 2. The van der Waals surface area contributed by atoms with Crippen molar-refractivity contribution in [2.45, 2.75) is 12.8 Å². The van der Waals surface area contributed by atoms with Gasteiger partial charge in [-0.05, 0) is 24.1 Å². The maximum atomic E-state index is 6.08. The highest BCUT2D eigenvalue weighted by atomic mass is 35.5. The van der Waals surface area contributed by atoms with Crippen LogP contribution in [-0.2, 0) is 12.8 Å². The van der Waals surface area contributed by atoms with Crippen LogP contribution in [-0.4, -0.2) is 9.97 Å². The highest BCUT2D eigenvalue weighted by Gasteiger charge is 2.23. The molecule has 3 nitrogen and oxygen atoms in total. The van der Waals surface area contributed by atoms with E-state index in [1.165, 1.54) is 5.56 Å². The predicted molar refractivity (Wildman–Crippen MR) is 69.7 cm³/mol. The molecular formula is C14H9ClN2O. The molecule has 0 aliphatic heterocycles. The van der Waals surface area contributed by atoms with Gasteiger partial charge >= 0.3 is 0 Å². The number of furan rings is 1. The highest BCUT2D eigenvalue weighted by Crippen LogP contribution is 2.41. The van der Waals surface area contributed by atoms with Crippen LogP contribution in [0, 0.1) is 0 Å². The van der Waals surface area contributed by atoms with Crippen LogP contribution in [0.1, 0.15) is 11.3 Å². The summed E-state index contributed by atoms with van der Waals surface area (Å²) < 4.78 is 5.86. The SMILES string of the molecule is Clc1nccc2c3c(oc12)CCc1ccncc1-3. The third-order valence-electron chi connectivity index (χ3n) is 3.44. The topological polar surface area (TPSA) is 38.9 Å². The van der Waals surface area contributed by atoms with Crippen molar-refractivity contribution in [1.29, 1.82) is 0 Å². The van der Waals surface area contributed by atoms with Crippen LogP contribution in [0.2, 0.25) is 5.15 Å². The van der Waals surface area contributed by atoms with Crippen molar-refractivity contribution >= 4 is 22.6 Å². The van der Waals surface area contributed by atoms with Gasteiger partial charge in [-0.25, -0.2) is 4.98 Å². The van der Waals surface area contributed by atoms with E-state index < -0.39 is 0 Å². The molecule has 0 N–H and O–H groups in total. The van der Waals surface area contributed by atoms with Gasteiger partial charge in [-0.2, -0.15) is 0 Å². The molecule has 3 heterocycles. The van der Waals surface area contributed by atoms with Crippen molar-refractivity contribution < 1.29 is 4.42 Å². The number of pyridine rings is 2. The summed E-state index contributed by atoms with van der Waals surface area (Å²) in [4.78, 5) is 8.28. The second kappa shape index (κ2) is 3.56. The molecule has 1 aliphatic carbocycles. The molecule has 0 radical (unpaired) electrons. The molecule has 4 rings (SSSR count). The van der Waals surface area contributed by atoms with E-state index in [0.29, 0.717) is 10.7 Å². The van der Waals surface area contributed by atoms with Gasteiger partial charge in [0.15, 0.2) is 10.7 Å². The van der Waals surface area contributed by atoms with Gasteiger partial charge in [-0.15, -0.1) is 0 Å². The molecule has 0 amide bonds. The van der Waals surface area contributed by atoms with Crippen molar-refractivity contribution in [3.8, 4) is 11.1 Å². The van der Waals surface area contributed by atoms with Crippen molar-refractivity contribution in [3.63, 3.8) is 0 Å². The smallest absolute Gasteiger partial charge is 0.172 e. The number of halogens is 1. The molecule has 0 bridgehead atoms. The Morgan fingerprint density at radius 2 is 2.11 bits per heavy atom. The van der Waals surface area contributed by atoms with Crippen LogP contribution in [0.15, 0.2) is 35.1 Å². The predicted octanol–water partition coefficient (Wildman–Crippen LogP) is 3.64. The maximum Gasteiger partial charge on any atom is 0.172 e. The van der Waals surface area contributed by atoms with E-state index in [1.54, 1.807) is 6.20 Å². The highest BCUT2D eigenvalue weighted by molar-refractivity contribution is 6.34. The lowest BCUT2D eigenvalue weighted by atomic mass is 9.90. The second-order valence-corrected chi connectivity index (χ2v) is 4.77. The summed E-state index contributed by atoms with van der Waals surface area (Å²) in [5.74, 6) is 0.986. The van der Waals surface area contributed by atoms with E-state index in [4.69, 9.17) is 16.0 Å². The zero-order valence-corrected chi connectivity index (χ0v) is 10.2. The molecule has 3 aromatic rings. The zero-order chi connectivity index (χ0) is 12.1. The van der Waals surface area contributed by atoms with Crippen LogP contribution in [0.4, 0.5) is 0 Å². The normalized spacial score (nSPS) is 13.4. The molecule has 0 atom stereocenters. The van der Waals surface area contributed by atoms with Gasteiger partial charge in [-0.1, -0.05) is 11.6 Å². The quantitative estimate of drug-likeness (QED) is 0.577. The van der Waals surface area contributed by atoms with E-state index in [9.17, 15) is 0 Å². The molecule has 0 aromatic carbocycles. The molecule has 3 aromatic heterocycles. The first-order chi connectivity index (χ1) is 8.84. The summed E-state index contributed by atoms with van der Waals surface area (Å²) in [6.45, 7) is 0. The van der Waals surface area contributed by atoms with Crippen LogP contribution in [0.25, 0.3) is 22.1 Å². The van der Waals surface area contributed by atoms with Crippen LogP contribution in [0.3, 0.4) is 0 Å². The minimum atomic E-state index is 0.423. The first-order valence-electron chi connectivity index (χ1n) is 5.84. The summed E-state index contributed by atoms with van der Waals surface area (Å²) in [5, 5.41) is 1.45. The van der Waals surface area contributed by atoms with Gasteiger partial charge in [0.1, 0.15) is 5.76 Å². The average molecular weight is 257 g/mol. The molecular weight excluding hydrogens is 248 g/mol. The lowest BCUT2D eigenvalue weighted by Gasteiger charge is -2.14. The summed E-state index contributed by atoms with van der Waals surface area (Å²) in [5.41, 5.74) is 4.28. The van der Waals surface area contributed by atoms with Crippen LogP contribution < -0.4 is 0 Å². The third kappa shape index (κ3) is 1.25. The Balaban J connectivity index is 2.14. The minimum Gasteiger partial charge on any atom is -0.457 e. The Morgan fingerprint density at radius 1 is 1.17 bits per heavy atom. The second-order valence-electron chi connectivity index (χ2n) is 4.41. The molecule has 4 heteroatoms. The molecule has 0 saturated heterocycles. The van der Waals surface area contributed by atoms with Crippen molar-refractivity contribution in [1.82, 2.24) is 9.97 Å². The van der Waals surface area contributed by atoms with Crippen molar-refractivity contribution in [2.24, 2.45) is 0 Å². The summed E-state index contributed by atoms with van der Waals surface area (Å²) >= 11 is 6.08. The van der Waals surface area contributed by atoms with E-state index in [-0.39, 0.29) is 0 Å². The monoisotopic (exact) mass is 256 g/mol. The molecule has 0 spiro atoms. The minimum absolute atomic E-state index is 0.423. The van der Waals surface area contributed by atoms with Crippen molar-refractivity contribution in [3.05, 3.63) is 47.2 Å². The lowest BCUT2D eigenvalue weighted by molar-refractivity contribution is 0.545. The Morgan fingerprint density at radius 3 is 3.06 bits per heavy atom. The number of nitrogens with zero attached hydrogens (tertiary/aromatic N) is 2. The Kier molecular flexibility index (Phi) is 2.00. The van der Waals surface area contributed by atoms with Gasteiger partial charge in [0.05, 0.1) is 0 Å². The fourth-order valence-corrected chi connectivity index (χ4v) is 2.82. The zero-order valence-electron chi connectivity index (χ0n) is 9.48. The van der Waals surface area contributed by atoms with Gasteiger partial charge in [0, 0.05) is 41.5 Å². The standard InChI is InChI=1S/C14H9ClN2O/c15-14-13-9(4-6-17-14)12-10-7-16-5-3-8(10)1-2-11(12)18-13/h3-7H,1-2H2. The lowest BCUT2D eigenvalue weighted by Crippen LogP contribution is -2.01. The van der Waals surface area contributed by atoms with Crippen LogP contribution in [0.5, 0.6) is 0 Å². The van der Waals surface area contributed by atoms with E-state index in [1.807, 2.05) is 18.5 Å². The molecule has 0 fully saturated rings. The molecule has 18 heavy (non-hydrogen) atoms. The summed E-state index contributed by atoms with van der Waals surface area (Å²) in [7, 11) is 0. The number of fused-ring (bicyclic) bond motifs is 5. The number of hydrogen-bond donors (Lipinski definition) is 0. The van der Waals surface area contributed by atoms with Gasteiger partial charge < -0.3 is 4.42 Å². The Bertz CT molecular complexity index is 764. The Hall–Kier alpha value is -1.87. The van der Waals surface area contributed by atoms with E-state index >= 15 is 0 Å². The average Bonchev–Trinajstić information content (AvgIpc) is 2.79. The summed E-state index contributed by atoms with van der Waals surface area (Å²) in [6, 6.07) is 4.02. The summed E-state index contributed by atoms with van der Waals surface area (Å²) in [6.07, 6.45) is 7.33. The van der Waals surface area contributed by atoms with E-state index in [0.717, 1.165) is 35.1 Å². The first kappa shape index (κ1) is 10.1. The number of aryl methyl sites for hydroxylation is 2. The largest absolute Gasteiger partial charge is 0.457 e. The first-order valence-corrected chi connectivity index (χ1v) is 6.21. The number of rotatable bonds is 0.